The van der Waals surface area contributed by atoms with Gasteiger partial charge in [0.1, 0.15) is 6.67 Å². The summed E-state index contributed by atoms with van der Waals surface area (Å²) in [5.41, 5.74) is 0. The summed E-state index contributed by atoms with van der Waals surface area (Å²) >= 11 is 0. The van der Waals surface area contributed by atoms with E-state index in [9.17, 15) is 4.39 Å². The van der Waals surface area contributed by atoms with Gasteiger partial charge in [-0.05, 0) is 0 Å². The highest BCUT2D eigenvalue weighted by Crippen LogP contribution is 2.14. The minimum Gasteiger partial charge on any atom is -0.382 e. The lowest BCUT2D eigenvalue weighted by Crippen LogP contribution is -2.41. The first-order chi connectivity index (χ1) is 6.74. The molecule has 0 unspecified atom stereocenters. The number of halogens is 1. The average Bonchev–Trinajstić information content (AvgIpc) is 2.24. The third-order valence-electron chi connectivity index (χ3n) is 1.42. The molecule has 0 bridgehead atoms. The van der Waals surface area contributed by atoms with Gasteiger partial charge in [0.2, 0.25) is 0 Å². The largest absolute Gasteiger partial charge is 0.412 e. The second-order valence-corrected chi connectivity index (χ2v) is 2.29. The minimum atomic E-state index is -1.63. The zero-order valence-corrected chi connectivity index (χ0v) is 8.75. The van der Waals surface area contributed by atoms with E-state index in [-0.39, 0.29) is 13.2 Å². The van der Waals surface area contributed by atoms with Gasteiger partial charge in [-0.2, -0.15) is 0 Å². The van der Waals surface area contributed by atoms with Crippen LogP contribution in [0.5, 0.6) is 0 Å². The van der Waals surface area contributed by atoms with Crippen LogP contribution >= 0.6 is 0 Å². The quantitative estimate of drug-likeness (QED) is 0.412. The van der Waals surface area contributed by atoms with Crippen LogP contribution in [0.3, 0.4) is 0 Å². The Morgan fingerprint density at radius 3 is 1.93 bits per heavy atom. The number of alkyl halides is 1. The number of hydrogen-bond acceptors (Lipinski definition) is 5. The third kappa shape index (κ3) is 4.83. The van der Waals surface area contributed by atoms with Crippen molar-refractivity contribution < 1.29 is 28.1 Å². The zero-order valence-electron chi connectivity index (χ0n) is 8.75. The number of hydrogen-bond donors (Lipinski definition) is 0. The summed E-state index contributed by atoms with van der Waals surface area (Å²) in [5.74, 6) is 0. The van der Waals surface area contributed by atoms with Crippen molar-refractivity contribution in [1.82, 2.24) is 0 Å². The van der Waals surface area contributed by atoms with Crippen LogP contribution in [0.25, 0.3) is 0 Å². The van der Waals surface area contributed by atoms with Crippen molar-refractivity contribution in [2.45, 2.75) is 6.16 Å². The molecular formula is C8H17FO5. The highest BCUT2D eigenvalue weighted by Gasteiger charge is 2.32. The number of ether oxygens (including phenoxy) is 5. The van der Waals surface area contributed by atoms with Gasteiger partial charge in [0, 0.05) is 21.3 Å². The van der Waals surface area contributed by atoms with Crippen molar-refractivity contribution in [3.63, 3.8) is 0 Å². The summed E-state index contributed by atoms with van der Waals surface area (Å²) in [4.78, 5) is 0. The molecule has 0 spiro atoms. The van der Waals surface area contributed by atoms with Crippen LogP contribution in [0.1, 0.15) is 0 Å². The first kappa shape index (κ1) is 13.7. The van der Waals surface area contributed by atoms with Crippen molar-refractivity contribution in [3.05, 3.63) is 0 Å². The predicted molar refractivity (Wildman–Crippen MR) is 46.5 cm³/mol. The smallest absolute Gasteiger partial charge is 0.382 e. The fourth-order valence-corrected chi connectivity index (χ4v) is 0.774. The second kappa shape index (κ2) is 8.07. The molecular weight excluding hydrogens is 195 g/mol. The van der Waals surface area contributed by atoms with Gasteiger partial charge in [-0.1, -0.05) is 0 Å². The van der Waals surface area contributed by atoms with E-state index >= 15 is 0 Å². The van der Waals surface area contributed by atoms with Crippen molar-refractivity contribution in [3.8, 4) is 0 Å². The molecule has 0 saturated carbocycles. The van der Waals surface area contributed by atoms with Crippen molar-refractivity contribution in [2.75, 3.05) is 47.8 Å². The van der Waals surface area contributed by atoms with E-state index in [0.29, 0.717) is 6.61 Å². The molecule has 6 heteroatoms. The van der Waals surface area contributed by atoms with Crippen molar-refractivity contribution >= 4 is 0 Å². The van der Waals surface area contributed by atoms with Gasteiger partial charge in [0.15, 0.2) is 0 Å². The van der Waals surface area contributed by atoms with Gasteiger partial charge < -0.3 is 23.7 Å². The monoisotopic (exact) mass is 212 g/mol. The minimum absolute atomic E-state index is 0.158. The van der Waals surface area contributed by atoms with E-state index in [1.807, 2.05) is 0 Å². The number of rotatable bonds is 9. The third-order valence-corrected chi connectivity index (χ3v) is 1.42. The Morgan fingerprint density at radius 1 is 0.929 bits per heavy atom. The normalized spacial score (nSPS) is 12.0. The van der Waals surface area contributed by atoms with E-state index in [2.05, 4.69) is 0 Å². The lowest BCUT2D eigenvalue weighted by molar-refractivity contribution is -0.486. The Kier molecular flexibility index (Phi) is 7.92. The second-order valence-electron chi connectivity index (χ2n) is 2.29. The molecule has 0 rings (SSSR count). The molecule has 86 valence electrons. The molecule has 0 saturated heterocycles. The highest BCUT2D eigenvalue weighted by atomic mass is 19.1. The zero-order chi connectivity index (χ0) is 10.9. The maximum Gasteiger partial charge on any atom is 0.412 e. The van der Waals surface area contributed by atoms with Crippen LogP contribution in [0.4, 0.5) is 4.39 Å². The molecule has 14 heavy (non-hydrogen) atoms. The van der Waals surface area contributed by atoms with Gasteiger partial charge >= 0.3 is 6.16 Å². The highest BCUT2D eigenvalue weighted by molar-refractivity contribution is 4.40. The standard InChI is InChI=1S/C8H17FO5/c1-10-6-7-14-8(11-2,12-3)13-5-4-9/h4-7H2,1-3H3. The van der Waals surface area contributed by atoms with Crippen LogP contribution in [-0.4, -0.2) is 54.0 Å². The predicted octanol–water partition coefficient (Wildman–Crippen LogP) is 0.540. The number of methoxy groups -OCH3 is 3. The van der Waals surface area contributed by atoms with Crippen molar-refractivity contribution in [2.24, 2.45) is 0 Å². The molecule has 0 aliphatic rings. The first-order valence-corrected chi connectivity index (χ1v) is 4.17. The lowest BCUT2D eigenvalue weighted by Gasteiger charge is -2.28. The van der Waals surface area contributed by atoms with E-state index in [4.69, 9.17) is 23.7 Å². The Morgan fingerprint density at radius 2 is 1.50 bits per heavy atom. The SMILES string of the molecule is COCCOC(OC)(OC)OCCF. The Balaban J connectivity index is 3.94. The van der Waals surface area contributed by atoms with Crippen LogP contribution in [-0.2, 0) is 23.7 Å². The van der Waals surface area contributed by atoms with Crippen LogP contribution < -0.4 is 0 Å². The van der Waals surface area contributed by atoms with E-state index in [0.717, 1.165) is 0 Å². The Hall–Kier alpha value is -0.270. The van der Waals surface area contributed by atoms with Crippen LogP contribution in [0, 0.1) is 0 Å². The van der Waals surface area contributed by atoms with Gasteiger partial charge in [-0.25, -0.2) is 4.39 Å². The molecule has 0 aromatic carbocycles. The first-order valence-electron chi connectivity index (χ1n) is 4.17. The topological polar surface area (TPSA) is 46.2 Å². The molecule has 0 aromatic heterocycles. The fraction of sp³-hybridized carbons (Fsp3) is 1.00. The summed E-state index contributed by atoms with van der Waals surface area (Å²) in [5, 5.41) is 0. The van der Waals surface area contributed by atoms with E-state index < -0.39 is 12.8 Å². The van der Waals surface area contributed by atoms with Gasteiger partial charge in [-0.3, -0.25) is 0 Å². The average molecular weight is 212 g/mol. The molecule has 0 atom stereocenters. The summed E-state index contributed by atoms with van der Waals surface area (Å²) in [6.07, 6.45) is -1.63. The summed E-state index contributed by atoms with van der Waals surface area (Å²) in [6, 6.07) is 0. The maximum atomic E-state index is 11.9. The molecule has 0 radical (unpaired) electrons. The lowest BCUT2D eigenvalue weighted by atomic mass is 10.7. The Bertz CT molecular complexity index is 129. The Labute approximate surface area is 83.0 Å². The van der Waals surface area contributed by atoms with Gasteiger partial charge in [0.05, 0.1) is 19.8 Å². The summed E-state index contributed by atoms with van der Waals surface area (Å²) in [7, 11) is 4.22. The molecule has 0 amide bonds. The van der Waals surface area contributed by atoms with E-state index in [1.165, 1.54) is 21.3 Å². The molecule has 5 nitrogen and oxygen atoms in total. The molecule has 0 fully saturated rings. The van der Waals surface area contributed by atoms with Crippen LogP contribution in [0.2, 0.25) is 0 Å². The summed E-state index contributed by atoms with van der Waals surface area (Å²) in [6.45, 7) is -0.200. The maximum absolute atomic E-state index is 11.9. The molecule has 0 aliphatic carbocycles. The van der Waals surface area contributed by atoms with Crippen LogP contribution in [0.15, 0.2) is 0 Å². The molecule has 0 N–H and O–H groups in total. The van der Waals surface area contributed by atoms with E-state index in [1.54, 1.807) is 0 Å². The van der Waals surface area contributed by atoms with Crippen molar-refractivity contribution in [1.29, 1.82) is 0 Å². The van der Waals surface area contributed by atoms with Gasteiger partial charge in [-0.15, -0.1) is 0 Å². The van der Waals surface area contributed by atoms with Gasteiger partial charge in [0.25, 0.3) is 0 Å². The molecule has 0 aromatic rings. The molecule has 0 heterocycles. The molecule has 0 aliphatic heterocycles. The fourth-order valence-electron chi connectivity index (χ4n) is 0.774. The summed E-state index contributed by atoms with van der Waals surface area (Å²) < 4.78 is 36.4.